The molecule has 1 nitrogen and oxygen atoms in total. The van der Waals surface area contributed by atoms with Gasteiger partial charge in [0, 0.05) is 0 Å². The van der Waals surface area contributed by atoms with Gasteiger partial charge < -0.3 is 5.11 Å². The lowest BCUT2D eigenvalue weighted by molar-refractivity contribution is 0.0975. The van der Waals surface area contributed by atoms with E-state index >= 15 is 0 Å². The molecule has 0 radical (unpaired) electrons. The van der Waals surface area contributed by atoms with E-state index in [2.05, 4.69) is 0 Å². The van der Waals surface area contributed by atoms with Crippen LogP contribution in [-0.4, -0.2) is 5.11 Å². The molecule has 0 fully saturated rings. The fourth-order valence-electron chi connectivity index (χ4n) is 1.39. The maximum absolute atomic E-state index is 10.4. The van der Waals surface area contributed by atoms with Crippen molar-refractivity contribution in [2.45, 2.75) is 26.4 Å². The molecule has 1 heteroatoms. The Morgan fingerprint density at radius 1 is 1.27 bits per heavy atom. The monoisotopic (exact) mass is 202 g/mol. The van der Waals surface area contributed by atoms with Crippen molar-refractivity contribution in [3.05, 3.63) is 59.7 Å². The Labute approximate surface area is 91.8 Å². The highest BCUT2D eigenvalue weighted by Gasteiger charge is 2.24. The van der Waals surface area contributed by atoms with Crippen LogP contribution in [0.25, 0.3) is 0 Å². The molecule has 0 aliphatic heterocycles. The third-order valence-corrected chi connectivity index (χ3v) is 2.64. The van der Waals surface area contributed by atoms with E-state index in [1.165, 1.54) is 0 Å². The molecule has 1 aromatic carbocycles. The summed E-state index contributed by atoms with van der Waals surface area (Å²) in [6.45, 7) is 5.71. The smallest absolute Gasteiger partial charge is 0.108 e. The number of rotatable bonds is 3. The van der Waals surface area contributed by atoms with Gasteiger partial charge in [-0.3, -0.25) is 0 Å². The van der Waals surface area contributed by atoms with Crippen LogP contribution in [0.15, 0.2) is 54.1 Å². The van der Waals surface area contributed by atoms with Crippen LogP contribution in [0.5, 0.6) is 0 Å². The van der Waals surface area contributed by atoms with Gasteiger partial charge in [0.2, 0.25) is 0 Å². The molecule has 0 aliphatic rings. The van der Waals surface area contributed by atoms with Gasteiger partial charge in [-0.2, -0.15) is 0 Å². The minimum atomic E-state index is -0.888. The largest absolute Gasteiger partial charge is 0.381 e. The fraction of sp³-hybridized carbons (Fsp3) is 0.286. The second-order valence-corrected chi connectivity index (χ2v) is 3.81. The Hall–Kier alpha value is -1.34. The molecule has 80 valence electrons. The molecule has 1 unspecified atom stereocenters. The lowest BCUT2D eigenvalue weighted by Gasteiger charge is -2.24. The Kier molecular flexibility index (Phi) is 3.87. The maximum Gasteiger partial charge on any atom is 0.108 e. The zero-order valence-corrected chi connectivity index (χ0v) is 9.57. The fourth-order valence-corrected chi connectivity index (χ4v) is 1.39. The van der Waals surface area contributed by atoms with Crippen LogP contribution in [0, 0.1) is 0 Å². The Bertz CT molecular complexity index is 358. The Balaban J connectivity index is 3.02. The molecular weight excluding hydrogens is 184 g/mol. The standard InChI is InChI=1S/C14H18O/c1-4-5-9-12(2)14(3,15)13-10-7-6-8-11-13/h4-11,15H,1-3H3. The van der Waals surface area contributed by atoms with E-state index in [0.717, 1.165) is 11.1 Å². The van der Waals surface area contributed by atoms with Crippen molar-refractivity contribution in [2.24, 2.45) is 0 Å². The Morgan fingerprint density at radius 3 is 2.40 bits per heavy atom. The van der Waals surface area contributed by atoms with Gasteiger partial charge in [0.05, 0.1) is 0 Å². The zero-order valence-electron chi connectivity index (χ0n) is 9.57. The second kappa shape index (κ2) is 4.94. The van der Waals surface area contributed by atoms with Gasteiger partial charge in [0.25, 0.3) is 0 Å². The summed E-state index contributed by atoms with van der Waals surface area (Å²) in [5.74, 6) is 0. The summed E-state index contributed by atoms with van der Waals surface area (Å²) in [6.07, 6.45) is 5.82. The second-order valence-electron chi connectivity index (χ2n) is 3.81. The van der Waals surface area contributed by atoms with Crippen molar-refractivity contribution in [2.75, 3.05) is 0 Å². The van der Waals surface area contributed by atoms with Crippen molar-refractivity contribution in [1.82, 2.24) is 0 Å². The normalized spacial score (nSPS) is 16.7. The predicted molar refractivity (Wildman–Crippen MR) is 64.6 cm³/mol. The van der Waals surface area contributed by atoms with Gasteiger partial charge in [0.1, 0.15) is 5.60 Å². The highest BCUT2D eigenvalue weighted by molar-refractivity contribution is 5.32. The SMILES string of the molecule is CC=CC=C(C)C(C)(O)c1ccccc1. The Morgan fingerprint density at radius 2 is 1.87 bits per heavy atom. The molecule has 15 heavy (non-hydrogen) atoms. The molecule has 1 atom stereocenters. The molecule has 1 aromatic rings. The third kappa shape index (κ3) is 2.80. The zero-order chi connectivity index (χ0) is 11.3. The molecular formula is C14H18O. The molecule has 0 saturated carbocycles. The third-order valence-electron chi connectivity index (χ3n) is 2.64. The van der Waals surface area contributed by atoms with Gasteiger partial charge in [-0.1, -0.05) is 48.6 Å². The number of hydrogen-bond donors (Lipinski definition) is 1. The number of aliphatic hydroxyl groups is 1. The summed E-state index contributed by atoms with van der Waals surface area (Å²) < 4.78 is 0. The van der Waals surface area contributed by atoms with E-state index in [9.17, 15) is 5.11 Å². The predicted octanol–water partition coefficient (Wildman–Crippen LogP) is 3.42. The van der Waals surface area contributed by atoms with Gasteiger partial charge in [-0.15, -0.1) is 0 Å². The van der Waals surface area contributed by atoms with E-state index < -0.39 is 5.60 Å². The average molecular weight is 202 g/mol. The van der Waals surface area contributed by atoms with E-state index in [-0.39, 0.29) is 0 Å². The first-order chi connectivity index (χ1) is 7.09. The van der Waals surface area contributed by atoms with Crippen LogP contribution >= 0.6 is 0 Å². The quantitative estimate of drug-likeness (QED) is 0.745. The van der Waals surface area contributed by atoms with Crippen LogP contribution < -0.4 is 0 Å². The molecule has 0 aliphatic carbocycles. The topological polar surface area (TPSA) is 20.2 Å². The lowest BCUT2D eigenvalue weighted by atomic mass is 9.88. The van der Waals surface area contributed by atoms with Gasteiger partial charge in [0.15, 0.2) is 0 Å². The van der Waals surface area contributed by atoms with Crippen LogP contribution in [0.1, 0.15) is 26.3 Å². The van der Waals surface area contributed by atoms with Crippen molar-refractivity contribution in [3.8, 4) is 0 Å². The number of benzene rings is 1. The van der Waals surface area contributed by atoms with Crippen molar-refractivity contribution in [3.63, 3.8) is 0 Å². The minimum Gasteiger partial charge on any atom is -0.381 e. The van der Waals surface area contributed by atoms with Crippen molar-refractivity contribution < 1.29 is 5.11 Å². The summed E-state index contributed by atoms with van der Waals surface area (Å²) in [5, 5.41) is 10.4. The molecule has 1 rings (SSSR count). The van der Waals surface area contributed by atoms with Gasteiger partial charge >= 0.3 is 0 Å². The molecule has 0 bridgehead atoms. The maximum atomic E-state index is 10.4. The van der Waals surface area contributed by atoms with Crippen LogP contribution in [-0.2, 0) is 5.60 Å². The van der Waals surface area contributed by atoms with Gasteiger partial charge in [-0.05, 0) is 31.9 Å². The summed E-state index contributed by atoms with van der Waals surface area (Å²) in [6, 6.07) is 9.70. The van der Waals surface area contributed by atoms with Crippen molar-refractivity contribution in [1.29, 1.82) is 0 Å². The molecule has 0 heterocycles. The van der Waals surface area contributed by atoms with Gasteiger partial charge in [-0.25, -0.2) is 0 Å². The highest BCUT2D eigenvalue weighted by atomic mass is 16.3. The molecule has 0 saturated heterocycles. The molecule has 0 aromatic heterocycles. The van der Waals surface area contributed by atoms with Crippen LogP contribution in [0.4, 0.5) is 0 Å². The lowest BCUT2D eigenvalue weighted by Crippen LogP contribution is -2.22. The average Bonchev–Trinajstić information content (AvgIpc) is 2.27. The molecule has 0 spiro atoms. The summed E-state index contributed by atoms with van der Waals surface area (Å²) in [5.41, 5.74) is 0.968. The first-order valence-electron chi connectivity index (χ1n) is 5.17. The molecule has 0 amide bonds. The summed E-state index contributed by atoms with van der Waals surface area (Å²) in [4.78, 5) is 0. The van der Waals surface area contributed by atoms with E-state index in [1.54, 1.807) is 0 Å². The number of allylic oxidation sites excluding steroid dienone is 3. The highest BCUT2D eigenvalue weighted by Crippen LogP contribution is 2.28. The number of hydrogen-bond acceptors (Lipinski definition) is 1. The summed E-state index contributed by atoms with van der Waals surface area (Å²) in [7, 11) is 0. The minimum absolute atomic E-state index is 0.888. The van der Waals surface area contributed by atoms with Crippen LogP contribution in [0.2, 0.25) is 0 Å². The summed E-state index contributed by atoms with van der Waals surface area (Å²) >= 11 is 0. The van der Waals surface area contributed by atoms with E-state index in [1.807, 2.05) is 69.3 Å². The van der Waals surface area contributed by atoms with Crippen LogP contribution in [0.3, 0.4) is 0 Å². The first-order valence-corrected chi connectivity index (χ1v) is 5.17. The van der Waals surface area contributed by atoms with E-state index in [4.69, 9.17) is 0 Å². The first kappa shape index (κ1) is 11.7. The van der Waals surface area contributed by atoms with Crippen molar-refractivity contribution >= 4 is 0 Å². The van der Waals surface area contributed by atoms with E-state index in [0.29, 0.717) is 0 Å². The molecule has 1 N–H and O–H groups in total.